The number of pyridine rings is 1. The van der Waals surface area contributed by atoms with E-state index in [2.05, 4.69) is 15.2 Å². The molecule has 5 heteroatoms. The Kier molecular flexibility index (Phi) is 4.15. The van der Waals surface area contributed by atoms with Gasteiger partial charge in [-0.3, -0.25) is 4.98 Å². The lowest BCUT2D eigenvalue weighted by Crippen LogP contribution is -2.39. The Hall–Kier alpha value is -1.62. The first-order valence-corrected chi connectivity index (χ1v) is 6.29. The molecule has 0 amide bonds. The van der Waals surface area contributed by atoms with Crippen molar-refractivity contribution in [1.82, 2.24) is 10.3 Å². The van der Waals surface area contributed by atoms with Crippen LogP contribution in [0.15, 0.2) is 18.5 Å². The van der Waals surface area contributed by atoms with Crippen molar-refractivity contribution >= 4 is 11.7 Å². The summed E-state index contributed by atoms with van der Waals surface area (Å²) in [4.78, 5) is 17.4. The van der Waals surface area contributed by atoms with Gasteiger partial charge in [0.15, 0.2) is 0 Å². The van der Waals surface area contributed by atoms with Gasteiger partial charge in [0.2, 0.25) is 0 Å². The average Bonchev–Trinajstić information content (AvgIpc) is 2.39. The number of rotatable bonds is 4. The second kappa shape index (κ2) is 5.82. The highest BCUT2D eigenvalue weighted by Gasteiger charge is 2.23. The van der Waals surface area contributed by atoms with E-state index >= 15 is 0 Å². The Balaban J connectivity index is 2.18. The minimum absolute atomic E-state index is 0.343. The highest BCUT2D eigenvalue weighted by molar-refractivity contribution is 5.94. The summed E-state index contributed by atoms with van der Waals surface area (Å²) in [5, 5.41) is 12.4. The number of carbonyl (C=O) groups is 1. The first-order chi connectivity index (χ1) is 8.72. The van der Waals surface area contributed by atoms with Crippen molar-refractivity contribution in [2.75, 3.05) is 31.6 Å². The molecule has 1 unspecified atom stereocenters. The van der Waals surface area contributed by atoms with Crippen molar-refractivity contribution in [3.63, 3.8) is 0 Å². The number of aromatic carboxylic acids is 1. The van der Waals surface area contributed by atoms with E-state index in [1.54, 1.807) is 12.3 Å². The highest BCUT2D eigenvalue weighted by Crippen LogP contribution is 2.25. The van der Waals surface area contributed by atoms with Crippen molar-refractivity contribution in [3.05, 3.63) is 24.0 Å². The van der Waals surface area contributed by atoms with Gasteiger partial charge in [-0.2, -0.15) is 0 Å². The minimum Gasteiger partial charge on any atom is -0.478 e. The summed E-state index contributed by atoms with van der Waals surface area (Å²) in [5.41, 5.74) is 1.08. The van der Waals surface area contributed by atoms with Crippen LogP contribution in [0.3, 0.4) is 0 Å². The fourth-order valence-electron chi connectivity index (χ4n) is 2.56. The number of hydrogen-bond donors (Lipinski definition) is 2. The Morgan fingerprint density at radius 1 is 1.67 bits per heavy atom. The molecule has 5 nitrogen and oxygen atoms in total. The monoisotopic (exact) mass is 249 g/mol. The number of nitrogens with one attached hydrogen (secondary N) is 1. The second-order valence-corrected chi connectivity index (χ2v) is 4.71. The summed E-state index contributed by atoms with van der Waals surface area (Å²) in [6, 6.07) is 1.57. The maximum atomic E-state index is 11.2. The summed E-state index contributed by atoms with van der Waals surface area (Å²) in [5.74, 6) is -0.311. The first kappa shape index (κ1) is 12.8. The second-order valence-electron chi connectivity index (χ2n) is 4.71. The van der Waals surface area contributed by atoms with Gasteiger partial charge in [-0.25, -0.2) is 4.79 Å². The van der Waals surface area contributed by atoms with E-state index in [-0.39, 0.29) is 0 Å². The maximum absolute atomic E-state index is 11.2. The van der Waals surface area contributed by atoms with Crippen LogP contribution in [0.4, 0.5) is 5.69 Å². The van der Waals surface area contributed by atoms with Crippen LogP contribution in [0.25, 0.3) is 0 Å². The predicted octanol–water partition coefficient (Wildman–Crippen LogP) is 1.22. The zero-order chi connectivity index (χ0) is 13.0. The van der Waals surface area contributed by atoms with Crippen LogP contribution >= 0.6 is 0 Å². The molecular formula is C13H19N3O2. The van der Waals surface area contributed by atoms with Gasteiger partial charge in [-0.1, -0.05) is 0 Å². The van der Waals surface area contributed by atoms with Gasteiger partial charge in [-0.15, -0.1) is 0 Å². The van der Waals surface area contributed by atoms with Gasteiger partial charge in [0.1, 0.15) is 0 Å². The van der Waals surface area contributed by atoms with Crippen LogP contribution in [-0.4, -0.2) is 42.7 Å². The Bertz CT molecular complexity index is 420. The Morgan fingerprint density at radius 3 is 3.22 bits per heavy atom. The molecule has 1 saturated heterocycles. The lowest BCUT2D eigenvalue weighted by atomic mass is 9.97. The number of piperidine rings is 1. The third kappa shape index (κ3) is 2.79. The molecule has 1 fully saturated rings. The van der Waals surface area contributed by atoms with Crippen LogP contribution < -0.4 is 10.2 Å². The van der Waals surface area contributed by atoms with Crippen molar-refractivity contribution in [1.29, 1.82) is 0 Å². The quantitative estimate of drug-likeness (QED) is 0.840. The zero-order valence-electron chi connectivity index (χ0n) is 10.6. The summed E-state index contributed by atoms with van der Waals surface area (Å²) in [6.45, 7) is 2.78. The molecule has 1 aliphatic heterocycles. The summed E-state index contributed by atoms with van der Waals surface area (Å²) >= 11 is 0. The van der Waals surface area contributed by atoms with Gasteiger partial charge in [0.25, 0.3) is 0 Å². The van der Waals surface area contributed by atoms with E-state index < -0.39 is 5.97 Å². The number of aromatic nitrogens is 1. The standard InChI is InChI=1S/C13H19N3O2/c1-14-7-10-3-2-6-16(9-10)12-8-15-5-4-11(12)13(17)18/h4-5,8,10,14H,2-3,6-7,9H2,1H3,(H,17,18). The van der Waals surface area contributed by atoms with E-state index in [1.165, 1.54) is 12.6 Å². The maximum Gasteiger partial charge on any atom is 0.337 e. The Morgan fingerprint density at radius 2 is 2.50 bits per heavy atom. The minimum atomic E-state index is -0.886. The molecule has 0 saturated carbocycles. The number of carboxylic acid groups (broad SMARTS) is 1. The van der Waals surface area contributed by atoms with Crippen molar-refractivity contribution < 1.29 is 9.90 Å². The molecular weight excluding hydrogens is 230 g/mol. The van der Waals surface area contributed by atoms with Crippen LogP contribution in [0.2, 0.25) is 0 Å². The van der Waals surface area contributed by atoms with E-state index in [4.69, 9.17) is 0 Å². The third-order valence-corrected chi connectivity index (χ3v) is 3.38. The van der Waals surface area contributed by atoms with Gasteiger partial charge in [0.05, 0.1) is 17.4 Å². The third-order valence-electron chi connectivity index (χ3n) is 3.38. The molecule has 1 aromatic heterocycles. The van der Waals surface area contributed by atoms with Gasteiger partial charge in [0, 0.05) is 19.3 Å². The molecule has 98 valence electrons. The molecule has 0 aromatic carbocycles. The van der Waals surface area contributed by atoms with E-state index in [0.29, 0.717) is 11.5 Å². The van der Waals surface area contributed by atoms with Gasteiger partial charge < -0.3 is 15.3 Å². The van der Waals surface area contributed by atoms with Crippen molar-refractivity contribution in [3.8, 4) is 0 Å². The molecule has 1 aromatic rings. The van der Waals surface area contributed by atoms with Crippen LogP contribution in [0.1, 0.15) is 23.2 Å². The molecule has 2 N–H and O–H groups in total. The van der Waals surface area contributed by atoms with Gasteiger partial charge >= 0.3 is 5.97 Å². The smallest absolute Gasteiger partial charge is 0.337 e. The van der Waals surface area contributed by atoms with E-state index in [0.717, 1.165) is 31.7 Å². The van der Waals surface area contributed by atoms with Crippen molar-refractivity contribution in [2.24, 2.45) is 5.92 Å². The molecule has 18 heavy (non-hydrogen) atoms. The van der Waals surface area contributed by atoms with Crippen LogP contribution in [0.5, 0.6) is 0 Å². The summed E-state index contributed by atoms with van der Waals surface area (Å²) in [7, 11) is 1.95. The molecule has 0 aliphatic carbocycles. The predicted molar refractivity (Wildman–Crippen MR) is 70.1 cm³/mol. The lowest BCUT2D eigenvalue weighted by molar-refractivity contribution is 0.0697. The largest absolute Gasteiger partial charge is 0.478 e. The van der Waals surface area contributed by atoms with E-state index in [9.17, 15) is 9.90 Å². The van der Waals surface area contributed by atoms with Crippen LogP contribution in [0, 0.1) is 5.92 Å². The Labute approximate surface area is 107 Å². The number of anilines is 1. The van der Waals surface area contributed by atoms with Crippen molar-refractivity contribution in [2.45, 2.75) is 12.8 Å². The number of nitrogens with zero attached hydrogens (tertiary/aromatic N) is 2. The number of hydrogen-bond acceptors (Lipinski definition) is 4. The number of carboxylic acids is 1. The SMILES string of the molecule is CNCC1CCCN(c2cnccc2C(=O)O)C1. The molecule has 1 aliphatic rings. The van der Waals surface area contributed by atoms with Crippen LogP contribution in [-0.2, 0) is 0 Å². The first-order valence-electron chi connectivity index (χ1n) is 6.29. The average molecular weight is 249 g/mol. The topological polar surface area (TPSA) is 65.5 Å². The fraction of sp³-hybridized carbons (Fsp3) is 0.538. The molecule has 2 heterocycles. The molecule has 0 bridgehead atoms. The fourth-order valence-corrected chi connectivity index (χ4v) is 2.56. The lowest BCUT2D eigenvalue weighted by Gasteiger charge is -2.34. The normalized spacial score (nSPS) is 19.8. The molecule has 0 spiro atoms. The van der Waals surface area contributed by atoms with E-state index in [1.807, 2.05) is 7.05 Å². The summed E-state index contributed by atoms with van der Waals surface area (Å²) in [6.07, 6.45) is 5.48. The zero-order valence-corrected chi connectivity index (χ0v) is 10.6. The molecule has 2 rings (SSSR count). The summed E-state index contributed by atoms with van der Waals surface area (Å²) < 4.78 is 0. The molecule has 0 radical (unpaired) electrons. The molecule has 1 atom stereocenters. The highest BCUT2D eigenvalue weighted by atomic mass is 16.4. The van der Waals surface area contributed by atoms with Gasteiger partial charge in [-0.05, 0) is 38.4 Å².